The van der Waals surface area contributed by atoms with E-state index in [9.17, 15) is 15.2 Å². The van der Waals surface area contributed by atoms with E-state index in [1.165, 1.54) is 4.90 Å². The van der Waals surface area contributed by atoms with Gasteiger partial charge in [-0.1, -0.05) is 0 Å². The number of halogens is 3. The number of rotatable bonds is 5. The highest BCUT2D eigenvalue weighted by Gasteiger charge is 2.35. The first-order chi connectivity index (χ1) is 17.7. The van der Waals surface area contributed by atoms with Gasteiger partial charge in [-0.2, -0.15) is 10.4 Å². The van der Waals surface area contributed by atoms with E-state index in [1.54, 1.807) is 6.20 Å². The van der Waals surface area contributed by atoms with Gasteiger partial charge >= 0.3 is 6.09 Å². The van der Waals surface area contributed by atoms with Crippen molar-refractivity contribution in [2.75, 3.05) is 20.1 Å². The first-order valence-corrected chi connectivity index (χ1v) is 14.2. The standard InChI is InChI=1S/C25H27BrFIN6O3/c1-13(19-4-3-8-32(19)2)37-24-17-12-30-34(15-6-9-33(25(35)36)14(10-15)5-7-29)23(17)16-11-18(28)20(26)21(27)22(16)31-24/h11-15,19H,3-6,8-10H2,1-2H3,(H,35,36)/t13-,14+,15-,19-/m0/s1. The zero-order valence-corrected chi connectivity index (χ0v) is 24.2. The molecule has 2 aromatic heterocycles. The Morgan fingerprint density at radius 2 is 2.19 bits per heavy atom. The van der Waals surface area contributed by atoms with Gasteiger partial charge in [-0.3, -0.25) is 9.58 Å². The number of likely N-dealkylation sites (N-methyl/N-ethyl adjacent to an activating group) is 1. The molecular formula is C25H27BrFIN6O3. The van der Waals surface area contributed by atoms with Crippen LogP contribution in [-0.4, -0.2) is 74.1 Å². The van der Waals surface area contributed by atoms with Crippen molar-refractivity contribution in [2.24, 2.45) is 0 Å². The molecule has 196 valence electrons. The Bertz CT molecular complexity index is 1410. The summed E-state index contributed by atoms with van der Waals surface area (Å²) in [5.74, 6) is -0.125. The second-order valence-corrected chi connectivity index (χ2v) is 11.8. The predicted octanol–water partition coefficient (Wildman–Crippen LogP) is 5.55. The fraction of sp³-hybridized carbons (Fsp3) is 0.520. The zero-order chi connectivity index (χ0) is 26.4. The lowest BCUT2D eigenvalue weighted by Crippen LogP contribution is -2.45. The molecule has 1 aromatic carbocycles. The molecule has 0 bridgehead atoms. The average molecular weight is 685 g/mol. The molecule has 1 N–H and O–H groups in total. The third-order valence-electron chi connectivity index (χ3n) is 7.65. The van der Waals surface area contributed by atoms with Crippen LogP contribution in [0.1, 0.15) is 45.1 Å². The molecule has 2 aliphatic heterocycles. The van der Waals surface area contributed by atoms with Crippen LogP contribution in [0.3, 0.4) is 0 Å². The van der Waals surface area contributed by atoms with Gasteiger partial charge in [0.1, 0.15) is 11.6 Å². The maximum atomic E-state index is 15.5. The van der Waals surface area contributed by atoms with Gasteiger partial charge in [-0.25, -0.2) is 14.2 Å². The molecule has 0 spiro atoms. The molecule has 0 saturated carbocycles. The van der Waals surface area contributed by atoms with Crippen LogP contribution in [0.5, 0.6) is 5.88 Å². The van der Waals surface area contributed by atoms with Crippen molar-refractivity contribution in [1.82, 2.24) is 24.6 Å². The molecule has 4 atom stereocenters. The second-order valence-electron chi connectivity index (χ2n) is 9.83. The van der Waals surface area contributed by atoms with Crippen molar-refractivity contribution in [3.05, 3.63) is 26.1 Å². The van der Waals surface area contributed by atoms with E-state index < -0.39 is 18.0 Å². The largest absolute Gasteiger partial charge is 0.472 e. The Balaban J connectivity index is 1.63. The number of amides is 1. The highest BCUT2D eigenvalue weighted by molar-refractivity contribution is 14.1. The molecule has 37 heavy (non-hydrogen) atoms. The summed E-state index contributed by atoms with van der Waals surface area (Å²) in [7, 11) is 2.08. The van der Waals surface area contributed by atoms with Crippen LogP contribution in [0.4, 0.5) is 9.18 Å². The van der Waals surface area contributed by atoms with E-state index >= 15 is 4.39 Å². The summed E-state index contributed by atoms with van der Waals surface area (Å²) in [4.78, 5) is 20.0. The quantitative estimate of drug-likeness (QED) is 0.278. The SMILES string of the molecule is C[C@H](Oc1nc2c(F)c(Br)c(I)cc2c2c1cnn2[C@H]1CCN(C(=O)O)[C@H](CC#N)C1)[C@@H]1CCCN1C. The number of benzene rings is 1. The van der Waals surface area contributed by atoms with E-state index in [4.69, 9.17) is 9.84 Å². The van der Waals surface area contributed by atoms with Crippen molar-refractivity contribution in [3.63, 3.8) is 0 Å². The number of carboxylic acid groups (broad SMARTS) is 1. The number of hydrogen-bond acceptors (Lipinski definition) is 6. The maximum Gasteiger partial charge on any atom is 0.407 e. The topological polar surface area (TPSA) is 108 Å². The Morgan fingerprint density at radius 1 is 1.41 bits per heavy atom. The van der Waals surface area contributed by atoms with Crippen LogP contribution in [0.2, 0.25) is 0 Å². The zero-order valence-electron chi connectivity index (χ0n) is 20.5. The molecule has 4 heterocycles. The van der Waals surface area contributed by atoms with Gasteiger partial charge in [0.15, 0.2) is 5.82 Å². The molecule has 0 radical (unpaired) electrons. The van der Waals surface area contributed by atoms with E-state index in [-0.39, 0.29) is 30.1 Å². The summed E-state index contributed by atoms with van der Waals surface area (Å²) in [6.45, 7) is 3.32. The van der Waals surface area contributed by atoms with Crippen molar-refractivity contribution < 1.29 is 19.0 Å². The van der Waals surface area contributed by atoms with Crippen molar-refractivity contribution in [1.29, 1.82) is 5.26 Å². The predicted molar refractivity (Wildman–Crippen MR) is 148 cm³/mol. The minimum absolute atomic E-state index is 0.102. The van der Waals surface area contributed by atoms with E-state index in [2.05, 4.69) is 61.5 Å². The van der Waals surface area contributed by atoms with Crippen LogP contribution in [0.25, 0.3) is 21.8 Å². The minimum Gasteiger partial charge on any atom is -0.472 e. The number of fused-ring (bicyclic) bond motifs is 3. The normalized spacial score (nSPS) is 23.5. The Labute approximate surface area is 235 Å². The molecule has 0 aliphatic carbocycles. The molecule has 2 saturated heterocycles. The number of nitriles is 1. The third-order valence-corrected chi connectivity index (χ3v) is 10.0. The molecule has 5 rings (SSSR count). The summed E-state index contributed by atoms with van der Waals surface area (Å²) in [5.41, 5.74) is 0.904. The lowest BCUT2D eigenvalue weighted by molar-refractivity contribution is 0.0915. The highest BCUT2D eigenvalue weighted by atomic mass is 127. The number of piperidine rings is 1. The van der Waals surface area contributed by atoms with Crippen LogP contribution in [0.15, 0.2) is 16.7 Å². The van der Waals surface area contributed by atoms with Crippen LogP contribution < -0.4 is 4.74 Å². The van der Waals surface area contributed by atoms with Gasteiger partial charge in [0.05, 0.1) is 46.1 Å². The lowest BCUT2D eigenvalue weighted by Gasteiger charge is -2.37. The van der Waals surface area contributed by atoms with Crippen LogP contribution >= 0.6 is 38.5 Å². The number of ether oxygens (including phenoxy) is 1. The molecular weight excluding hydrogens is 658 g/mol. The highest BCUT2D eigenvalue weighted by Crippen LogP contribution is 2.40. The average Bonchev–Trinajstić information content (AvgIpc) is 3.50. The summed E-state index contributed by atoms with van der Waals surface area (Å²) >= 11 is 5.43. The van der Waals surface area contributed by atoms with Crippen molar-refractivity contribution >= 4 is 66.4 Å². The van der Waals surface area contributed by atoms with Gasteiger partial charge in [0.2, 0.25) is 5.88 Å². The summed E-state index contributed by atoms with van der Waals surface area (Å²) in [6.07, 6.45) is 3.73. The maximum absolute atomic E-state index is 15.5. The molecule has 12 heteroatoms. The lowest BCUT2D eigenvalue weighted by atomic mass is 9.95. The third kappa shape index (κ3) is 4.74. The van der Waals surface area contributed by atoms with Crippen molar-refractivity contribution in [3.8, 4) is 11.9 Å². The number of hydrogen-bond donors (Lipinski definition) is 1. The number of likely N-dealkylation sites (tertiary alicyclic amines) is 2. The molecule has 3 aromatic rings. The van der Waals surface area contributed by atoms with Gasteiger partial charge < -0.3 is 14.7 Å². The Morgan fingerprint density at radius 3 is 2.86 bits per heavy atom. The molecule has 1 amide bonds. The molecule has 9 nitrogen and oxygen atoms in total. The van der Waals surface area contributed by atoms with Gasteiger partial charge in [-0.15, -0.1) is 0 Å². The van der Waals surface area contributed by atoms with E-state index in [0.29, 0.717) is 49.6 Å². The fourth-order valence-electron chi connectivity index (χ4n) is 5.78. The Hall–Kier alpha value is -2.24. The first kappa shape index (κ1) is 26.4. The number of pyridine rings is 1. The number of nitrogens with zero attached hydrogens (tertiary/aromatic N) is 6. The number of carbonyl (C=O) groups is 1. The fourth-order valence-corrected chi connectivity index (χ4v) is 6.63. The Kier molecular flexibility index (Phi) is 7.48. The van der Waals surface area contributed by atoms with E-state index in [0.717, 1.165) is 19.4 Å². The summed E-state index contributed by atoms with van der Waals surface area (Å²) in [6, 6.07) is 3.64. The summed E-state index contributed by atoms with van der Waals surface area (Å²) in [5, 5.41) is 24.9. The number of aromatic nitrogens is 3. The van der Waals surface area contributed by atoms with Crippen LogP contribution in [-0.2, 0) is 0 Å². The molecule has 2 aliphatic rings. The van der Waals surface area contributed by atoms with Crippen molar-refractivity contribution in [2.45, 2.75) is 63.3 Å². The minimum atomic E-state index is -1.03. The monoisotopic (exact) mass is 684 g/mol. The van der Waals surface area contributed by atoms with Crippen LogP contribution in [0, 0.1) is 20.7 Å². The second kappa shape index (κ2) is 10.5. The van der Waals surface area contributed by atoms with Gasteiger partial charge in [0, 0.05) is 21.5 Å². The van der Waals surface area contributed by atoms with E-state index in [1.807, 2.05) is 17.7 Å². The van der Waals surface area contributed by atoms with Gasteiger partial charge in [0.25, 0.3) is 0 Å². The molecule has 2 fully saturated rings. The first-order valence-electron chi connectivity index (χ1n) is 12.3. The molecule has 0 unspecified atom stereocenters. The smallest absolute Gasteiger partial charge is 0.407 e. The van der Waals surface area contributed by atoms with Gasteiger partial charge in [-0.05, 0) is 90.8 Å². The summed E-state index contributed by atoms with van der Waals surface area (Å²) < 4.78 is 24.8.